The van der Waals surface area contributed by atoms with Crippen LogP contribution in [-0.2, 0) is 9.47 Å². The van der Waals surface area contributed by atoms with Crippen molar-refractivity contribution in [1.82, 2.24) is 34.4 Å². The molecule has 4 unspecified atom stereocenters. The lowest BCUT2D eigenvalue weighted by molar-refractivity contribution is 0.0481. The third-order valence-corrected chi connectivity index (χ3v) is 12.7. The summed E-state index contributed by atoms with van der Waals surface area (Å²) in [5.74, 6) is 8.59. The normalized spacial score (nSPS) is 18.6. The maximum absolute atomic E-state index is 15.4. The molecule has 4 aliphatic rings. The standard InChI is InChI=1S/C24H31FN6O4.C12H11F2N3O2.C12H21N3O2/c1-13-19-16(21(32)31(26)23(34)30(19)15-6-7-15)10-17(25)20(13)29-9-8-14(12-29)18(11-27-5)28-22(33)35-24(2,3)4;1-5-9(14)8(13)4-7-10(5)16(6-2-3-6)12(19)17(15)11(7)18;1-12(2,3)17-11(16)15-10(8-13-4)9-5-6-14-7-9/h10,14-15,18H,6-9,11-12,26H2,1-4H3,(H,28,33);4,6H,2-3,15H2,1H3;9-10,14H,5-8H2,1-3H3,(H,15,16). The van der Waals surface area contributed by atoms with Crippen LogP contribution in [-0.4, -0.2) is 93.2 Å². The lowest BCUT2D eigenvalue weighted by atomic mass is 9.99. The first-order valence-corrected chi connectivity index (χ1v) is 23.6. The van der Waals surface area contributed by atoms with E-state index in [1.165, 1.54) is 16.1 Å². The number of nitrogen functional groups attached to an aromatic ring is 2. The number of nitrogens with zero attached hydrogens (tertiary/aromatic N) is 7. The van der Waals surface area contributed by atoms with Crippen molar-refractivity contribution in [2.24, 2.45) is 11.8 Å². The number of benzene rings is 2. The maximum atomic E-state index is 15.4. The van der Waals surface area contributed by atoms with Crippen LogP contribution in [0.1, 0.15) is 103 Å². The number of anilines is 1. The second kappa shape index (κ2) is 21.1. The maximum Gasteiger partial charge on any atom is 0.408 e. The van der Waals surface area contributed by atoms with E-state index >= 15 is 4.39 Å². The number of rotatable bonds is 9. The summed E-state index contributed by atoms with van der Waals surface area (Å²) in [5, 5.41) is 8.84. The summed E-state index contributed by atoms with van der Waals surface area (Å²) < 4.78 is 56.8. The molecular weight excluding hydrogens is 930 g/mol. The minimum absolute atomic E-state index is 0.0447. The van der Waals surface area contributed by atoms with Crippen LogP contribution >= 0.6 is 0 Å². The molecule has 8 rings (SSSR count). The van der Waals surface area contributed by atoms with Gasteiger partial charge in [-0.1, -0.05) is 0 Å². The van der Waals surface area contributed by atoms with Gasteiger partial charge in [-0.15, -0.1) is 0 Å². The summed E-state index contributed by atoms with van der Waals surface area (Å²) in [6.45, 7) is 31.2. The van der Waals surface area contributed by atoms with Crippen LogP contribution < -0.4 is 55.0 Å². The van der Waals surface area contributed by atoms with Crippen LogP contribution in [0, 0.1) is 56.3 Å². The Hall–Kier alpha value is -7.01. The number of fused-ring (bicyclic) bond motifs is 2. The minimum atomic E-state index is -1.12. The summed E-state index contributed by atoms with van der Waals surface area (Å²) >= 11 is 0. The van der Waals surface area contributed by atoms with Crippen molar-refractivity contribution in [2.75, 3.05) is 55.9 Å². The number of carbonyl (C=O) groups excluding carboxylic acids is 2. The highest BCUT2D eigenvalue weighted by molar-refractivity contribution is 5.87. The third kappa shape index (κ3) is 12.1. The number of aromatic nitrogens is 4. The van der Waals surface area contributed by atoms with Crippen molar-refractivity contribution in [3.63, 3.8) is 0 Å². The van der Waals surface area contributed by atoms with Gasteiger partial charge in [-0.25, -0.2) is 45.5 Å². The molecule has 2 amide bonds. The third-order valence-electron chi connectivity index (χ3n) is 12.7. The molecule has 2 aliphatic heterocycles. The first-order valence-electron chi connectivity index (χ1n) is 23.6. The summed E-state index contributed by atoms with van der Waals surface area (Å²) in [5.41, 5.74) is -2.70. The van der Waals surface area contributed by atoms with E-state index in [1.54, 1.807) is 27.7 Å². The highest BCUT2D eigenvalue weighted by Crippen LogP contribution is 2.40. The van der Waals surface area contributed by atoms with E-state index in [4.69, 9.17) is 34.3 Å². The van der Waals surface area contributed by atoms with E-state index in [0.29, 0.717) is 58.1 Å². The van der Waals surface area contributed by atoms with Crippen molar-refractivity contribution in [3.8, 4) is 0 Å². The Morgan fingerprint density at radius 3 is 1.61 bits per heavy atom. The molecule has 0 spiro atoms. The Labute approximate surface area is 407 Å². The van der Waals surface area contributed by atoms with Crippen LogP contribution in [0.15, 0.2) is 31.3 Å². The molecule has 4 aromatic rings. The number of halogens is 3. The molecule has 4 atom stereocenters. The van der Waals surface area contributed by atoms with Gasteiger partial charge in [0.25, 0.3) is 11.1 Å². The van der Waals surface area contributed by atoms with Crippen molar-refractivity contribution in [2.45, 2.75) is 129 Å². The van der Waals surface area contributed by atoms with Crippen molar-refractivity contribution >= 4 is 39.7 Å². The Morgan fingerprint density at radius 2 is 1.18 bits per heavy atom. The van der Waals surface area contributed by atoms with Gasteiger partial charge < -0.3 is 51.7 Å². The number of nitrogens with two attached hydrogens (primary N) is 2. The molecule has 2 aromatic carbocycles. The van der Waals surface area contributed by atoms with Gasteiger partial charge in [-0.05, 0) is 113 Å². The van der Waals surface area contributed by atoms with E-state index in [1.807, 2.05) is 25.7 Å². The highest BCUT2D eigenvalue weighted by atomic mass is 19.2. The first kappa shape index (κ1) is 53.3. The average molecular weight is 993 g/mol. The molecule has 4 fully saturated rings. The van der Waals surface area contributed by atoms with Crippen LogP contribution in [0.2, 0.25) is 0 Å². The monoisotopic (exact) mass is 992 g/mol. The van der Waals surface area contributed by atoms with Gasteiger partial charge in [0.15, 0.2) is 11.6 Å². The lowest BCUT2D eigenvalue weighted by Crippen LogP contribution is -2.45. The fourth-order valence-electron chi connectivity index (χ4n) is 9.11. The molecule has 23 heteroatoms. The van der Waals surface area contributed by atoms with E-state index in [-0.39, 0.29) is 52.4 Å². The molecule has 2 saturated heterocycles. The number of amides is 2. The SMILES string of the molecule is Cc1c(F)c(F)cc2c(=O)n(N)c(=O)n(C3CC3)c12.[C-]#[N+]CC(NC(=O)OC(C)(C)C)C1CCN(c2c(F)cc3c(=O)n(N)c(=O)n(C4CC4)c3c2C)C1.[C-]#[N+]CC(NC(=O)OC(C)(C)C)C1CCNC1. The van der Waals surface area contributed by atoms with E-state index in [0.717, 1.165) is 57.3 Å². The zero-order chi connectivity index (χ0) is 52.4. The van der Waals surface area contributed by atoms with Crippen LogP contribution in [0.5, 0.6) is 0 Å². The fourth-order valence-corrected chi connectivity index (χ4v) is 9.11. The van der Waals surface area contributed by atoms with Gasteiger partial charge in [-0.3, -0.25) is 18.7 Å². The Balaban J connectivity index is 0.000000193. The second-order valence-electron chi connectivity index (χ2n) is 20.5. The van der Waals surface area contributed by atoms with Crippen molar-refractivity contribution in [3.05, 3.63) is 105 Å². The van der Waals surface area contributed by atoms with Gasteiger partial charge in [0.2, 0.25) is 13.1 Å². The summed E-state index contributed by atoms with van der Waals surface area (Å²) in [7, 11) is 0. The second-order valence-corrected chi connectivity index (χ2v) is 20.5. The quantitative estimate of drug-likeness (QED) is 0.115. The van der Waals surface area contributed by atoms with Crippen LogP contribution in [0.25, 0.3) is 31.5 Å². The van der Waals surface area contributed by atoms with Gasteiger partial charge in [0.05, 0.1) is 27.5 Å². The highest BCUT2D eigenvalue weighted by Gasteiger charge is 2.37. The van der Waals surface area contributed by atoms with E-state index in [2.05, 4.69) is 25.6 Å². The van der Waals surface area contributed by atoms with Gasteiger partial charge in [-0.2, -0.15) is 9.35 Å². The number of aryl methyl sites for hydroxylation is 2. The molecule has 384 valence electrons. The minimum Gasteiger partial charge on any atom is -0.444 e. The number of carbonyl (C=O) groups is 2. The molecule has 71 heavy (non-hydrogen) atoms. The Bertz CT molecular complexity index is 3040. The topological polar surface area (TPSA) is 241 Å². The van der Waals surface area contributed by atoms with E-state index < -0.39 is 69.4 Å². The molecular formula is C48H63F3N12O8. The van der Waals surface area contributed by atoms with Crippen molar-refractivity contribution in [1.29, 1.82) is 0 Å². The zero-order valence-electron chi connectivity index (χ0n) is 41.3. The molecule has 2 saturated carbocycles. The summed E-state index contributed by atoms with van der Waals surface area (Å²) in [6.07, 6.45) is 3.70. The predicted octanol–water partition coefficient (Wildman–Crippen LogP) is 4.51. The smallest absolute Gasteiger partial charge is 0.408 e. The molecule has 20 nitrogen and oxygen atoms in total. The van der Waals surface area contributed by atoms with Gasteiger partial charge in [0.1, 0.15) is 29.1 Å². The fraction of sp³-hybridized carbons (Fsp3) is 0.583. The Morgan fingerprint density at radius 1 is 0.732 bits per heavy atom. The molecule has 4 heterocycles. The number of hydrogen-bond acceptors (Lipinski definition) is 12. The summed E-state index contributed by atoms with van der Waals surface area (Å²) in [6, 6.07) is 1.22. The molecule has 2 aromatic heterocycles. The molecule has 0 radical (unpaired) electrons. The molecule has 0 bridgehead atoms. The van der Waals surface area contributed by atoms with E-state index in [9.17, 15) is 37.5 Å². The van der Waals surface area contributed by atoms with Crippen LogP contribution in [0.4, 0.5) is 28.4 Å². The lowest BCUT2D eigenvalue weighted by Gasteiger charge is -2.26. The molecule has 7 N–H and O–H groups in total. The number of alkyl carbamates (subject to hydrolysis) is 2. The predicted molar refractivity (Wildman–Crippen MR) is 262 cm³/mol. The van der Waals surface area contributed by atoms with Gasteiger partial charge >= 0.3 is 23.6 Å². The Kier molecular flexibility index (Phi) is 15.9. The van der Waals surface area contributed by atoms with Crippen LogP contribution in [0.3, 0.4) is 0 Å². The largest absolute Gasteiger partial charge is 0.444 e. The average Bonchev–Trinajstić information content (AvgIpc) is 4.19. The number of hydrogen-bond donors (Lipinski definition) is 5. The first-order chi connectivity index (χ1) is 33.3. The number of nitrogens with one attached hydrogen (secondary N) is 3. The van der Waals surface area contributed by atoms with Gasteiger partial charge in [0, 0.05) is 54.7 Å². The zero-order valence-corrected chi connectivity index (χ0v) is 41.3. The molecule has 2 aliphatic carbocycles. The van der Waals surface area contributed by atoms with Crippen molar-refractivity contribution < 1.29 is 32.2 Å². The summed E-state index contributed by atoms with van der Waals surface area (Å²) in [4.78, 5) is 82.0. The number of ether oxygens (including phenoxy) is 2.